The second-order valence-electron chi connectivity index (χ2n) is 7.31. The summed E-state index contributed by atoms with van der Waals surface area (Å²) in [4.78, 5) is 39.6. The van der Waals surface area contributed by atoms with Crippen molar-refractivity contribution in [2.75, 3.05) is 31.6 Å². The maximum atomic E-state index is 12.7. The number of cyclic esters (lactones) is 1. The maximum Gasteiger partial charge on any atom is 0.414 e. The third-order valence-electron chi connectivity index (χ3n) is 5.45. The molecule has 0 aromatic heterocycles. The first-order chi connectivity index (χ1) is 13.0. The Morgan fingerprint density at radius 1 is 1.41 bits per heavy atom. The van der Waals surface area contributed by atoms with Crippen molar-refractivity contribution < 1.29 is 19.1 Å². The molecule has 0 aliphatic carbocycles. The molecule has 7 heteroatoms. The Kier molecular flexibility index (Phi) is 5.98. The van der Waals surface area contributed by atoms with Gasteiger partial charge in [-0.3, -0.25) is 14.5 Å². The Morgan fingerprint density at radius 2 is 2.22 bits per heavy atom. The van der Waals surface area contributed by atoms with Gasteiger partial charge in [0, 0.05) is 32.1 Å². The number of nitrogens with one attached hydrogen (secondary N) is 1. The molecule has 3 rings (SSSR count). The smallest absolute Gasteiger partial charge is 0.414 e. The van der Waals surface area contributed by atoms with Gasteiger partial charge in [0.1, 0.15) is 6.61 Å². The van der Waals surface area contributed by atoms with Crippen LogP contribution in [0.15, 0.2) is 24.3 Å². The zero-order valence-electron chi connectivity index (χ0n) is 15.9. The molecular formula is C20H27N3O4. The van der Waals surface area contributed by atoms with E-state index in [0.29, 0.717) is 32.5 Å². The van der Waals surface area contributed by atoms with Crippen molar-refractivity contribution >= 4 is 23.6 Å². The summed E-state index contributed by atoms with van der Waals surface area (Å²) in [5.74, 6) is 0.166. The molecule has 1 aromatic rings. The molecular weight excluding hydrogens is 346 g/mol. The predicted molar refractivity (Wildman–Crippen MR) is 101 cm³/mol. The number of nitrogens with zero attached hydrogens (tertiary/aromatic N) is 2. The Balaban J connectivity index is 1.65. The molecule has 2 heterocycles. The molecule has 146 valence electrons. The number of rotatable bonds is 5. The molecule has 2 unspecified atom stereocenters. The first-order valence-electron chi connectivity index (χ1n) is 9.52. The van der Waals surface area contributed by atoms with Gasteiger partial charge in [0.25, 0.3) is 0 Å². The Labute approximate surface area is 159 Å². The highest BCUT2D eigenvalue weighted by atomic mass is 16.6. The molecule has 2 aliphatic heterocycles. The summed E-state index contributed by atoms with van der Waals surface area (Å²) in [5.41, 5.74) is 1.74. The van der Waals surface area contributed by atoms with Gasteiger partial charge in [0.05, 0.1) is 12.6 Å². The number of amides is 3. The molecule has 0 spiro atoms. The van der Waals surface area contributed by atoms with Crippen molar-refractivity contribution in [2.24, 2.45) is 5.92 Å². The van der Waals surface area contributed by atoms with Gasteiger partial charge in [-0.25, -0.2) is 4.79 Å². The Hall–Kier alpha value is -2.57. The highest BCUT2D eigenvalue weighted by Crippen LogP contribution is 2.27. The van der Waals surface area contributed by atoms with Gasteiger partial charge in [-0.2, -0.15) is 0 Å². The Bertz CT molecular complexity index is 721. The lowest BCUT2D eigenvalue weighted by atomic mass is 9.95. The zero-order chi connectivity index (χ0) is 19.4. The van der Waals surface area contributed by atoms with E-state index in [1.807, 2.05) is 31.2 Å². The fourth-order valence-electron chi connectivity index (χ4n) is 3.64. The van der Waals surface area contributed by atoms with Crippen LogP contribution in [0.4, 0.5) is 10.5 Å². The average molecular weight is 373 g/mol. The van der Waals surface area contributed by atoms with Crippen LogP contribution in [0.25, 0.3) is 0 Å². The fourth-order valence-corrected chi connectivity index (χ4v) is 3.64. The summed E-state index contributed by atoms with van der Waals surface area (Å²) in [6.45, 7) is 3.60. The molecule has 0 saturated carbocycles. The molecule has 0 radical (unpaired) electrons. The summed E-state index contributed by atoms with van der Waals surface area (Å²) >= 11 is 0. The van der Waals surface area contributed by atoms with Crippen molar-refractivity contribution in [3.8, 4) is 0 Å². The maximum absolute atomic E-state index is 12.7. The lowest BCUT2D eigenvalue weighted by molar-refractivity contribution is -0.133. The van der Waals surface area contributed by atoms with Crippen LogP contribution in [-0.4, -0.2) is 49.6 Å². The van der Waals surface area contributed by atoms with E-state index >= 15 is 0 Å². The quantitative estimate of drug-likeness (QED) is 0.860. The van der Waals surface area contributed by atoms with E-state index < -0.39 is 0 Å². The highest BCUT2D eigenvalue weighted by molar-refractivity contribution is 5.89. The molecule has 2 fully saturated rings. The van der Waals surface area contributed by atoms with Crippen LogP contribution in [0, 0.1) is 5.92 Å². The van der Waals surface area contributed by atoms with Crippen LogP contribution in [0.5, 0.6) is 0 Å². The Morgan fingerprint density at radius 3 is 2.96 bits per heavy atom. The predicted octanol–water partition coefficient (Wildman–Crippen LogP) is 2.47. The fraction of sp³-hybridized carbons (Fsp3) is 0.550. The van der Waals surface area contributed by atoms with Gasteiger partial charge >= 0.3 is 6.09 Å². The van der Waals surface area contributed by atoms with E-state index in [4.69, 9.17) is 4.74 Å². The molecule has 2 saturated heterocycles. The third kappa shape index (κ3) is 4.59. The van der Waals surface area contributed by atoms with Crippen molar-refractivity contribution in [1.29, 1.82) is 0 Å². The van der Waals surface area contributed by atoms with Crippen molar-refractivity contribution in [2.45, 2.75) is 38.6 Å². The third-order valence-corrected chi connectivity index (χ3v) is 5.45. The van der Waals surface area contributed by atoms with E-state index in [1.165, 1.54) is 0 Å². The zero-order valence-corrected chi connectivity index (χ0v) is 15.9. The van der Waals surface area contributed by atoms with Gasteiger partial charge in [-0.15, -0.1) is 0 Å². The number of ether oxygens (including phenoxy) is 1. The second kappa shape index (κ2) is 8.41. The standard InChI is InChI=1S/C20H27N3O4/c1-14(16-6-3-7-17(13-16)23-9-10-27-20(23)26)22(2)19(25)12-15-5-4-8-21-18(24)11-15/h3,6-7,13-15H,4-5,8-12H2,1-2H3,(H,21,24). The summed E-state index contributed by atoms with van der Waals surface area (Å²) in [6.07, 6.45) is 2.26. The molecule has 1 aromatic carbocycles. The van der Waals surface area contributed by atoms with Gasteiger partial charge in [0.15, 0.2) is 0 Å². The topological polar surface area (TPSA) is 79.0 Å². The monoisotopic (exact) mass is 373 g/mol. The number of benzene rings is 1. The second-order valence-corrected chi connectivity index (χ2v) is 7.31. The van der Waals surface area contributed by atoms with Gasteiger partial charge in [0.2, 0.25) is 11.8 Å². The van der Waals surface area contributed by atoms with Crippen LogP contribution in [0.3, 0.4) is 0 Å². The highest BCUT2D eigenvalue weighted by Gasteiger charge is 2.26. The van der Waals surface area contributed by atoms with Crippen molar-refractivity contribution in [3.05, 3.63) is 29.8 Å². The van der Waals surface area contributed by atoms with Crippen LogP contribution in [0.1, 0.15) is 44.2 Å². The first kappa shape index (κ1) is 19.2. The summed E-state index contributed by atoms with van der Waals surface area (Å²) in [7, 11) is 1.79. The molecule has 2 aliphatic rings. The number of hydrogen-bond acceptors (Lipinski definition) is 4. The number of carbonyl (C=O) groups excluding carboxylic acids is 3. The van der Waals surface area contributed by atoms with E-state index in [9.17, 15) is 14.4 Å². The van der Waals surface area contributed by atoms with Crippen LogP contribution in [-0.2, 0) is 14.3 Å². The largest absolute Gasteiger partial charge is 0.447 e. The van der Waals surface area contributed by atoms with E-state index in [0.717, 1.165) is 24.1 Å². The van der Waals surface area contributed by atoms with Crippen molar-refractivity contribution in [1.82, 2.24) is 10.2 Å². The molecule has 3 amide bonds. The summed E-state index contributed by atoms with van der Waals surface area (Å²) in [6, 6.07) is 7.52. The normalized spacial score (nSPS) is 21.3. The minimum absolute atomic E-state index is 0.0335. The average Bonchev–Trinajstić information content (AvgIpc) is 2.99. The van der Waals surface area contributed by atoms with Crippen LogP contribution >= 0.6 is 0 Å². The number of hydrogen-bond donors (Lipinski definition) is 1. The number of anilines is 1. The molecule has 0 bridgehead atoms. The lowest BCUT2D eigenvalue weighted by Crippen LogP contribution is -2.32. The van der Waals surface area contributed by atoms with E-state index in [2.05, 4.69) is 5.32 Å². The van der Waals surface area contributed by atoms with Crippen molar-refractivity contribution in [3.63, 3.8) is 0 Å². The van der Waals surface area contributed by atoms with Gasteiger partial charge in [-0.1, -0.05) is 12.1 Å². The molecule has 7 nitrogen and oxygen atoms in total. The van der Waals surface area contributed by atoms with Gasteiger partial charge < -0.3 is 15.0 Å². The summed E-state index contributed by atoms with van der Waals surface area (Å²) < 4.78 is 5.00. The minimum atomic E-state index is -0.337. The molecule has 27 heavy (non-hydrogen) atoms. The van der Waals surface area contributed by atoms with Gasteiger partial charge in [-0.05, 0) is 43.4 Å². The molecule has 2 atom stereocenters. The lowest BCUT2D eigenvalue weighted by Gasteiger charge is -2.27. The SMILES string of the molecule is CC(c1cccc(N2CCOC2=O)c1)N(C)C(=O)CC1CCCNC(=O)C1. The minimum Gasteiger partial charge on any atom is -0.447 e. The van der Waals surface area contributed by atoms with Crippen LogP contribution < -0.4 is 10.2 Å². The number of carbonyl (C=O) groups is 3. The molecule has 1 N–H and O–H groups in total. The summed E-state index contributed by atoms with van der Waals surface area (Å²) in [5, 5.41) is 2.86. The van der Waals surface area contributed by atoms with E-state index in [-0.39, 0.29) is 29.9 Å². The van der Waals surface area contributed by atoms with Crippen LogP contribution in [0.2, 0.25) is 0 Å². The first-order valence-corrected chi connectivity index (χ1v) is 9.52. The van der Waals surface area contributed by atoms with E-state index in [1.54, 1.807) is 16.8 Å².